The van der Waals surface area contributed by atoms with Crippen LogP contribution in [0.15, 0.2) is 30.3 Å². The summed E-state index contributed by atoms with van der Waals surface area (Å²) in [5.41, 5.74) is 2.60. The molecule has 0 aliphatic heterocycles. The van der Waals surface area contributed by atoms with E-state index in [0.717, 1.165) is 31.2 Å². The lowest BCUT2D eigenvalue weighted by atomic mass is 10.1. The number of carbonyl (C=O) groups excluding carboxylic acids is 3. The molecule has 0 spiro atoms. The van der Waals surface area contributed by atoms with E-state index in [1.165, 1.54) is 11.8 Å². The summed E-state index contributed by atoms with van der Waals surface area (Å²) in [5, 5.41) is 14.3. The standard InChI is InChI=1S/C20H29N3O4S/c24-18(23-27)11-6-12-28-14-17(22-19(25)16-9-4-5-10-16)20(26)21-13-15-7-2-1-3-8-15/h1-3,7-8,16-17,27H,4-6,9-14H2,(H,21,26)(H,22,25)(H,23,24)/t17-/m0/s1. The maximum absolute atomic E-state index is 12.6. The molecule has 0 bridgehead atoms. The van der Waals surface area contributed by atoms with Gasteiger partial charge in [0.15, 0.2) is 0 Å². The Labute approximate surface area is 170 Å². The summed E-state index contributed by atoms with van der Waals surface area (Å²) in [5.74, 6) is 0.443. The first-order valence-electron chi connectivity index (χ1n) is 9.73. The molecule has 1 aliphatic rings. The van der Waals surface area contributed by atoms with Gasteiger partial charge in [-0.25, -0.2) is 5.48 Å². The zero-order valence-corrected chi connectivity index (χ0v) is 16.8. The van der Waals surface area contributed by atoms with Crippen molar-refractivity contribution in [2.75, 3.05) is 11.5 Å². The molecular formula is C20H29N3O4S. The summed E-state index contributed by atoms with van der Waals surface area (Å²) in [6, 6.07) is 9.02. The number of rotatable bonds is 11. The minimum absolute atomic E-state index is 0.00248. The zero-order chi connectivity index (χ0) is 20.2. The second-order valence-corrected chi connectivity index (χ2v) is 8.11. The van der Waals surface area contributed by atoms with Crippen LogP contribution in [0.5, 0.6) is 0 Å². The first kappa shape index (κ1) is 22.2. The molecule has 0 radical (unpaired) electrons. The summed E-state index contributed by atoms with van der Waals surface area (Å²) in [6.07, 6.45) is 4.70. The van der Waals surface area contributed by atoms with Crippen molar-refractivity contribution in [1.82, 2.24) is 16.1 Å². The van der Waals surface area contributed by atoms with Gasteiger partial charge in [-0.15, -0.1) is 0 Å². The number of amides is 3. The quantitative estimate of drug-likeness (QED) is 0.255. The van der Waals surface area contributed by atoms with Crippen LogP contribution in [0.2, 0.25) is 0 Å². The third-order valence-corrected chi connectivity index (χ3v) is 5.92. The van der Waals surface area contributed by atoms with Crippen LogP contribution in [0.4, 0.5) is 0 Å². The molecule has 3 amide bonds. The van der Waals surface area contributed by atoms with Gasteiger partial charge in [0.25, 0.3) is 0 Å². The summed E-state index contributed by atoms with van der Waals surface area (Å²) >= 11 is 1.51. The monoisotopic (exact) mass is 407 g/mol. The fourth-order valence-corrected chi connectivity index (χ4v) is 4.15. The van der Waals surface area contributed by atoms with Crippen LogP contribution in [0.1, 0.15) is 44.1 Å². The van der Waals surface area contributed by atoms with Crippen molar-refractivity contribution >= 4 is 29.5 Å². The van der Waals surface area contributed by atoms with Crippen molar-refractivity contribution in [2.45, 2.75) is 51.1 Å². The molecule has 2 rings (SSSR count). The van der Waals surface area contributed by atoms with Crippen molar-refractivity contribution in [3.63, 3.8) is 0 Å². The molecule has 8 heteroatoms. The Bertz CT molecular complexity index is 636. The number of thioether (sulfide) groups is 1. The third kappa shape index (κ3) is 7.90. The number of carbonyl (C=O) groups is 3. The Morgan fingerprint density at radius 3 is 2.54 bits per heavy atom. The molecule has 0 heterocycles. The zero-order valence-electron chi connectivity index (χ0n) is 16.0. The minimum Gasteiger partial charge on any atom is -0.350 e. The molecular weight excluding hydrogens is 378 g/mol. The van der Waals surface area contributed by atoms with Crippen molar-refractivity contribution in [1.29, 1.82) is 0 Å². The number of benzene rings is 1. The number of hydrogen-bond acceptors (Lipinski definition) is 5. The maximum atomic E-state index is 12.6. The number of nitrogens with one attached hydrogen (secondary N) is 3. The van der Waals surface area contributed by atoms with Crippen LogP contribution in [0.25, 0.3) is 0 Å². The van der Waals surface area contributed by atoms with Crippen LogP contribution in [-0.2, 0) is 20.9 Å². The van der Waals surface area contributed by atoms with Crippen LogP contribution < -0.4 is 16.1 Å². The predicted molar refractivity (Wildman–Crippen MR) is 109 cm³/mol. The molecule has 7 nitrogen and oxygen atoms in total. The SMILES string of the molecule is O=C(CCCSC[C@H](NC(=O)C1CCCC1)C(=O)NCc1ccccc1)NO. The van der Waals surface area contributed by atoms with Crippen molar-refractivity contribution in [3.8, 4) is 0 Å². The topological polar surface area (TPSA) is 108 Å². The summed E-state index contributed by atoms with van der Waals surface area (Å²) in [4.78, 5) is 36.2. The Morgan fingerprint density at radius 2 is 1.86 bits per heavy atom. The average molecular weight is 408 g/mol. The van der Waals surface area contributed by atoms with Crippen LogP contribution in [0, 0.1) is 5.92 Å². The number of hydroxylamine groups is 1. The fourth-order valence-electron chi connectivity index (χ4n) is 3.16. The molecule has 1 aromatic rings. The van der Waals surface area contributed by atoms with E-state index in [2.05, 4.69) is 10.6 Å². The highest BCUT2D eigenvalue weighted by atomic mass is 32.2. The van der Waals surface area contributed by atoms with Crippen LogP contribution >= 0.6 is 11.8 Å². The van der Waals surface area contributed by atoms with Gasteiger partial charge < -0.3 is 10.6 Å². The van der Waals surface area contributed by atoms with E-state index in [1.54, 1.807) is 5.48 Å². The van der Waals surface area contributed by atoms with Gasteiger partial charge in [0.2, 0.25) is 17.7 Å². The minimum atomic E-state index is -0.603. The Morgan fingerprint density at radius 1 is 1.14 bits per heavy atom. The van der Waals surface area contributed by atoms with Gasteiger partial charge in [0.05, 0.1) is 0 Å². The Balaban J connectivity index is 1.83. The summed E-state index contributed by atoms with van der Waals surface area (Å²) in [6.45, 7) is 0.414. The van der Waals surface area contributed by atoms with Gasteiger partial charge in [-0.1, -0.05) is 43.2 Å². The largest absolute Gasteiger partial charge is 0.350 e. The lowest BCUT2D eigenvalue weighted by molar-refractivity contribution is -0.130. The molecule has 1 aliphatic carbocycles. The van der Waals surface area contributed by atoms with Gasteiger partial charge >= 0.3 is 0 Å². The normalized spacial score (nSPS) is 15.0. The summed E-state index contributed by atoms with van der Waals surface area (Å²) in [7, 11) is 0. The lowest BCUT2D eigenvalue weighted by Gasteiger charge is -2.20. The van der Waals surface area contributed by atoms with E-state index in [-0.39, 0.29) is 24.2 Å². The molecule has 1 atom stereocenters. The first-order valence-corrected chi connectivity index (χ1v) is 10.9. The Kier molecular flexibility index (Phi) is 9.85. The molecule has 0 unspecified atom stereocenters. The lowest BCUT2D eigenvalue weighted by Crippen LogP contribution is -2.49. The van der Waals surface area contributed by atoms with E-state index in [4.69, 9.17) is 5.21 Å². The molecule has 1 saturated carbocycles. The Hall–Kier alpha value is -2.06. The third-order valence-electron chi connectivity index (χ3n) is 4.77. The highest BCUT2D eigenvalue weighted by molar-refractivity contribution is 7.99. The van der Waals surface area contributed by atoms with Crippen molar-refractivity contribution in [2.24, 2.45) is 5.92 Å². The molecule has 154 valence electrons. The smallest absolute Gasteiger partial charge is 0.243 e. The number of hydrogen-bond donors (Lipinski definition) is 4. The second kappa shape index (κ2) is 12.4. The molecule has 1 aromatic carbocycles. The molecule has 0 saturated heterocycles. The average Bonchev–Trinajstić information content (AvgIpc) is 3.26. The van der Waals surface area contributed by atoms with Gasteiger partial charge in [-0.05, 0) is 30.6 Å². The van der Waals surface area contributed by atoms with Gasteiger partial charge in [0, 0.05) is 24.6 Å². The van der Waals surface area contributed by atoms with E-state index >= 15 is 0 Å². The fraction of sp³-hybridized carbons (Fsp3) is 0.550. The summed E-state index contributed by atoms with van der Waals surface area (Å²) < 4.78 is 0. The first-order chi connectivity index (χ1) is 13.6. The van der Waals surface area contributed by atoms with Gasteiger partial charge in [0.1, 0.15) is 6.04 Å². The van der Waals surface area contributed by atoms with E-state index in [1.807, 2.05) is 30.3 Å². The molecule has 0 aromatic heterocycles. The molecule has 28 heavy (non-hydrogen) atoms. The second-order valence-electron chi connectivity index (χ2n) is 6.96. The van der Waals surface area contributed by atoms with Crippen molar-refractivity contribution < 1.29 is 19.6 Å². The van der Waals surface area contributed by atoms with E-state index < -0.39 is 11.9 Å². The molecule has 1 fully saturated rings. The maximum Gasteiger partial charge on any atom is 0.243 e. The highest BCUT2D eigenvalue weighted by Crippen LogP contribution is 2.25. The molecule has 4 N–H and O–H groups in total. The van der Waals surface area contributed by atoms with Gasteiger partial charge in [-0.3, -0.25) is 19.6 Å². The van der Waals surface area contributed by atoms with Gasteiger partial charge in [-0.2, -0.15) is 11.8 Å². The van der Waals surface area contributed by atoms with Crippen molar-refractivity contribution in [3.05, 3.63) is 35.9 Å². The van der Waals surface area contributed by atoms with E-state index in [0.29, 0.717) is 24.5 Å². The van der Waals surface area contributed by atoms with Crippen LogP contribution in [0.3, 0.4) is 0 Å². The van der Waals surface area contributed by atoms with Crippen LogP contribution in [-0.4, -0.2) is 40.5 Å². The van der Waals surface area contributed by atoms with E-state index in [9.17, 15) is 14.4 Å². The highest BCUT2D eigenvalue weighted by Gasteiger charge is 2.27. The predicted octanol–water partition coefficient (Wildman–Crippen LogP) is 2.00.